The maximum absolute atomic E-state index is 12.7. The number of non-ortho nitro benzene ring substituents is 1. The number of aryl methyl sites for hydroxylation is 1. The normalized spacial score (nSPS) is 11.0. The summed E-state index contributed by atoms with van der Waals surface area (Å²) in [6.45, 7) is 2.12. The van der Waals surface area contributed by atoms with Crippen LogP contribution in [-0.2, 0) is 6.54 Å². The Hall–Kier alpha value is -4.01. The van der Waals surface area contributed by atoms with Crippen molar-refractivity contribution in [2.45, 2.75) is 13.5 Å². The fourth-order valence-electron chi connectivity index (χ4n) is 3.03. The van der Waals surface area contributed by atoms with Crippen LogP contribution in [0.1, 0.15) is 21.6 Å². The minimum Gasteiger partial charge on any atom is -0.346 e. The van der Waals surface area contributed by atoms with Crippen LogP contribution in [-0.4, -0.2) is 25.2 Å². The van der Waals surface area contributed by atoms with E-state index < -0.39 is 16.4 Å². The second-order valence-corrected chi connectivity index (χ2v) is 6.42. The van der Waals surface area contributed by atoms with Gasteiger partial charge >= 0.3 is 0 Å². The number of nitrogens with zero attached hydrogens (tertiary/aromatic N) is 3. The van der Waals surface area contributed by atoms with E-state index in [-0.39, 0.29) is 17.8 Å². The van der Waals surface area contributed by atoms with Gasteiger partial charge in [0.05, 0.1) is 22.7 Å². The number of amides is 1. The number of aromatic amines is 1. The Morgan fingerprint density at radius 3 is 2.89 bits per heavy atom. The molecule has 0 aliphatic rings. The molecule has 0 saturated carbocycles. The van der Waals surface area contributed by atoms with Gasteiger partial charge in [0.15, 0.2) is 0 Å². The molecule has 4 aromatic rings. The Morgan fingerprint density at radius 2 is 2.11 bits per heavy atom. The summed E-state index contributed by atoms with van der Waals surface area (Å²) < 4.78 is 1.85. The minimum absolute atomic E-state index is 0.0714. The third kappa shape index (κ3) is 3.20. The number of rotatable bonds is 4. The molecule has 0 spiro atoms. The topological polar surface area (TPSA) is 122 Å². The van der Waals surface area contributed by atoms with Crippen molar-refractivity contribution in [1.29, 1.82) is 0 Å². The highest BCUT2D eigenvalue weighted by Gasteiger charge is 2.15. The number of nitro benzene ring substituents is 1. The molecule has 3 aromatic heterocycles. The van der Waals surface area contributed by atoms with Crippen molar-refractivity contribution in [3.8, 4) is 0 Å². The standard InChI is InChI=1S/C19H15N5O4/c1-11-4-5-23-10-12(21-17(23)6-11)9-20-19(26)15-8-18(25)22-16-3-2-13(24(27)28)7-14(15)16/h2-8,10H,9H2,1H3,(H,20,26)(H,22,25). The van der Waals surface area contributed by atoms with Crippen LogP contribution in [0.3, 0.4) is 0 Å². The van der Waals surface area contributed by atoms with Crippen LogP contribution in [0.5, 0.6) is 0 Å². The van der Waals surface area contributed by atoms with Crippen molar-refractivity contribution in [3.05, 3.63) is 86.1 Å². The van der Waals surface area contributed by atoms with Crippen molar-refractivity contribution in [2.24, 2.45) is 0 Å². The average Bonchev–Trinajstić information content (AvgIpc) is 3.06. The van der Waals surface area contributed by atoms with E-state index in [0.29, 0.717) is 16.6 Å². The summed E-state index contributed by atoms with van der Waals surface area (Å²) in [4.78, 5) is 42.0. The first-order valence-corrected chi connectivity index (χ1v) is 8.44. The molecule has 0 saturated heterocycles. The van der Waals surface area contributed by atoms with Crippen LogP contribution in [0.4, 0.5) is 5.69 Å². The Kier molecular flexibility index (Phi) is 4.11. The van der Waals surface area contributed by atoms with Gasteiger partial charge in [-0.05, 0) is 30.7 Å². The molecule has 0 fully saturated rings. The number of carbonyl (C=O) groups is 1. The Labute approximate surface area is 157 Å². The monoisotopic (exact) mass is 377 g/mol. The molecule has 28 heavy (non-hydrogen) atoms. The zero-order valence-electron chi connectivity index (χ0n) is 14.8. The Morgan fingerprint density at radius 1 is 1.29 bits per heavy atom. The van der Waals surface area contributed by atoms with Gasteiger partial charge in [-0.2, -0.15) is 0 Å². The quantitative estimate of drug-likeness (QED) is 0.417. The predicted molar refractivity (Wildman–Crippen MR) is 102 cm³/mol. The first-order chi connectivity index (χ1) is 13.4. The van der Waals surface area contributed by atoms with E-state index in [1.165, 1.54) is 18.2 Å². The number of carbonyl (C=O) groups excluding carboxylic acids is 1. The molecule has 0 unspecified atom stereocenters. The maximum Gasteiger partial charge on any atom is 0.270 e. The molecule has 0 aliphatic carbocycles. The van der Waals surface area contributed by atoms with Gasteiger partial charge in [-0.1, -0.05) is 0 Å². The van der Waals surface area contributed by atoms with Crippen LogP contribution >= 0.6 is 0 Å². The average molecular weight is 377 g/mol. The van der Waals surface area contributed by atoms with E-state index in [2.05, 4.69) is 15.3 Å². The highest BCUT2D eigenvalue weighted by atomic mass is 16.6. The van der Waals surface area contributed by atoms with E-state index in [0.717, 1.165) is 17.3 Å². The summed E-state index contributed by atoms with van der Waals surface area (Å²) in [5.41, 5.74) is 2.29. The van der Waals surface area contributed by atoms with Crippen molar-refractivity contribution in [1.82, 2.24) is 19.7 Å². The number of aromatic nitrogens is 3. The lowest BCUT2D eigenvalue weighted by Crippen LogP contribution is -2.25. The van der Waals surface area contributed by atoms with Gasteiger partial charge in [0.25, 0.3) is 11.6 Å². The van der Waals surface area contributed by atoms with Crippen LogP contribution in [0.2, 0.25) is 0 Å². The molecule has 1 amide bonds. The van der Waals surface area contributed by atoms with E-state index in [1.54, 1.807) is 6.20 Å². The van der Waals surface area contributed by atoms with Crippen LogP contribution < -0.4 is 10.9 Å². The molecule has 4 rings (SSSR count). The molecule has 9 heteroatoms. The highest BCUT2D eigenvalue weighted by molar-refractivity contribution is 6.06. The summed E-state index contributed by atoms with van der Waals surface area (Å²) in [5.74, 6) is -0.509. The second-order valence-electron chi connectivity index (χ2n) is 6.42. The molecule has 0 bridgehead atoms. The number of hydrogen-bond acceptors (Lipinski definition) is 5. The molecule has 0 aliphatic heterocycles. The Balaban J connectivity index is 1.64. The molecule has 9 nitrogen and oxygen atoms in total. The lowest BCUT2D eigenvalue weighted by molar-refractivity contribution is -0.384. The molecule has 0 atom stereocenters. The van der Waals surface area contributed by atoms with Gasteiger partial charge in [-0.3, -0.25) is 19.7 Å². The summed E-state index contributed by atoms with van der Waals surface area (Å²) in [6, 6.07) is 8.97. The third-order valence-electron chi connectivity index (χ3n) is 4.38. The second kappa shape index (κ2) is 6.62. The first kappa shape index (κ1) is 17.4. The van der Waals surface area contributed by atoms with Crippen LogP contribution in [0.15, 0.2) is 53.6 Å². The van der Waals surface area contributed by atoms with Gasteiger partial charge < -0.3 is 14.7 Å². The predicted octanol–water partition coefficient (Wildman–Crippen LogP) is 2.32. The molecule has 140 valence electrons. The molecule has 0 radical (unpaired) electrons. The molecular formula is C19H15N5O4. The van der Waals surface area contributed by atoms with Crippen LogP contribution in [0.25, 0.3) is 16.6 Å². The van der Waals surface area contributed by atoms with Crippen LogP contribution in [0, 0.1) is 17.0 Å². The lowest BCUT2D eigenvalue weighted by atomic mass is 10.1. The summed E-state index contributed by atoms with van der Waals surface area (Å²) in [7, 11) is 0. The highest BCUT2D eigenvalue weighted by Crippen LogP contribution is 2.21. The summed E-state index contributed by atoms with van der Waals surface area (Å²) >= 11 is 0. The number of H-pyrrole nitrogens is 1. The largest absolute Gasteiger partial charge is 0.346 e. The van der Waals surface area contributed by atoms with Crippen molar-refractivity contribution in [3.63, 3.8) is 0 Å². The number of benzene rings is 1. The molecular weight excluding hydrogens is 362 g/mol. The molecule has 2 N–H and O–H groups in total. The van der Waals surface area contributed by atoms with Crippen molar-refractivity contribution in [2.75, 3.05) is 0 Å². The zero-order valence-corrected chi connectivity index (χ0v) is 14.8. The molecule has 1 aromatic carbocycles. The number of nitro groups is 1. The third-order valence-corrected chi connectivity index (χ3v) is 4.38. The first-order valence-electron chi connectivity index (χ1n) is 8.44. The van der Waals surface area contributed by atoms with E-state index in [1.807, 2.05) is 29.7 Å². The lowest BCUT2D eigenvalue weighted by Gasteiger charge is -2.07. The van der Waals surface area contributed by atoms with E-state index in [9.17, 15) is 19.7 Å². The van der Waals surface area contributed by atoms with Gasteiger partial charge in [-0.15, -0.1) is 0 Å². The van der Waals surface area contributed by atoms with Gasteiger partial charge in [0, 0.05) is 41.5 Å². The number of fused-ring (bicyclic) bond motifs is 2. The molecule has 3 heterocycles. The number of hydrogen-bond donors (Lipinski definition) is 2. The number of imidazole rings is 1. The van der Waals surface area contributed by atoms with Crippen molar-refractivity contribution >= 4 is 28.1 Å². The van der Waals surface area contributed by atoms with E-state index >= 15 is 0 Å². The summed E-state index contributed by atoms with van der Waals surface area (Å²) in [5, 5.41) is 14.1. The van der Waals surface area contributed by atoms with E-state index in [4.69, 9.17) is 0 Å². The fourth-order valence-corrected chi connectivity index (χ4v) is 3.03. The number of pyridine rings is 2. The minimum atomic E-state index is -0.551. The Bertz CT molecular complexity index is 1300. The summed E-state index contributed by atoms with van der Waals surface area (Å²) in [6.07, 6.45) is 3.68. The smallest absolute Gasteiger partial charge is 0.270 e. The van der Waals surface area contributed by atoms with Gasteiger partial charge in [-0.25, -0.2) is 4.98 Å². The zero-order chi connectivity index (χ0) is 19.8. The van der Waals surface area contributed by atoms with Gasteiger partial charge in [0.2, 0.25) is 5.56 Å². The fraction of sp³-hybridized carbons (Fsp3) is 0.105. The maximum atomic E-state index is 12.7. The SMILES string of the molecule is Cc1ccn2cc(CNC(=O)c3cc(=O)[nH]c4ccc([N+](=O)[O-])cc34)nc2c1. The van der Waals surface area contributed by atoms with Gasteiger partial charge in [0.1, 0.15) is 5.65 Å². The number of nitrogens with one attached hydrogen (secondary N) is 2. The van der Waals surface area contributed by atoms with Crippen molar-refractivity contribution < 1.29 is 9.72 Å².